The molecule has 4 nitrogen and oxygen atoms in total. The van der Waals surface area contributed by atoms with Gasteiger partial charge in [0.2, 0.25) is 0 Å². The molecule has 2 rings (SSSR count). The highest BCUT2D eigenvalue weighted by molar-refractivity contribution is 5.87. The van der Waals surface area contributed by atoms with Crippen molar-refractivity contribution in [2.24, 2.45) is 23.2 Å². The van der Waals surface area contributed by atoms with Gasteiger partial charge in [0.15, 0.2) is 11.2 Å². The van der Waals surface area contributed by atoms with E-state index >= 15 is 0 Å². The zero-order valence-electron chi connectivity index (χ0n) is 19.2. The Morgan fingerprint density at radius 3 is 2.29 bits per heavy atom. The van der Waals surface area contributed by atoms with Crippen molar-refractivity contribution in [3.8, 4) is 11.8 Å². The molecule has 0 amide bonds. The van der Waals surface area contributed by atoms with Crippen molar-refractivity contribution in [1.29, 1.82) is 0 Å². The summed E-state index contributed by atoms with van der Waals surface area (Å²) in [6, 6.07) is 0. The lowest BCUT2D eigenvalue weighted by Gasteiger charge is -2.44. The van der Waals surface area contributed by atoms with Gasteiger partial charge in [0.1, 0.15) is 0 Å². The maximum absolute atomic E-state index is 12.4. The summed E-state index contributed by atoms with van der Waals surface area (Å²) in [5, 5.41) is 0. The highest BCUT2D eigenvalue weighted by Crippen LogP contribution is 2.63. The Morgan fingerprint density at radius 1 is 1.21 bits per heavy atom. The average Bonchev–Trinajstić information content (AvgIpc) is 3.07. The molecule has 158 valence electrons. The highest BCUT2D eigenvalue weighted by Gasteiger charge is 2.63. The maximum atomic E-state index is 12.4. The first kappa shape index (κ1) is 23.0. The number of carbonyl (C=O) groups is 1. The van der Waals surface area contributed by atoms with Crippen LogP contribution >= 0.6 is 0 Å². The summed E-state index contributed by atoms with van der Waals surface area (Å²) in [6.07, 6.45) is 2.62. The van der Waals surface area contributed by atoms with Gasteiger partial charge in [-0.1, -0.05) is 46.1 Å². The highest BCUT2D eigenvalue weighted by atomic mass is 17.2. The molecule has 0 aromatic rings. The molecule has 2 aliphatic rings. The molecule has 4 heteroatoms. The van der Waals surface area contributed by atoms with Crippen LogP contribution < -0.4 is 0 Å². The van der Waals surface area contributed by atoms with E-state index < -0.39 is 11.2 Å². The van der Waals surface area contributed by atoms with Gasteiger partial charge >= 0.3 is 5.97 Å². The number of fused-ring (bicyclic) bond motifs is 2. The molecule has 2 bridgehead atoms. The molecule has 0 aromatic carbocycles. The molecule has 0 unspecified atom stereocenters. The Bertz CT molecular complexity index is 687. The second-order valence-electron chi connectivity index (χ2n) is 10.5. The minimum absolute atomic E-state index is 0.215. The van der Waals surface area contributed by atoms with Gasteiger partial charge in [-0.25, -0.2) is 14.6 Å². The molecule has 4 atom stereocenters. The molecule has 2 aliphatic carbocycles. The summed E-state index contributed by atoms with van der Waals surface area (Å²) in [5.41, 5.74) is -1.34. The van der Waals surface area contributed by atoms with E-state index in [0.29, 0.717) is 17.4 Å². The van der Waals surface area contributed by atoms with Gasteiger partial charge in [0, 0.05) is 17.9 Å². The fourth-order valence-electron chi connectivity index (χ4n) is 4.25. The van der Waals surface area contributed by atoms with E-state index in [9.17, 15) is 4.79 Å². The van der Waals surface area contributed by atoms with Gasteiger partial charge in [-0.3, -0.25) is 0 Å². The topological polar surface area (TPSA) is 44.8 Å². The van der Waals surface area contributed by atoms with E-state index in [0.717, 1.165) is 19.3 Å². The van der Waals surface area contributed by atoms with Crippen LogP contribution in [0.25, 0.3) is 0 Å². The Morgan fingerprint density at radius 2 is 1.82 bits per heavy atom. The first-order chi connectivity index (χ1) is 12.7. The van der Waals surface area contributed by atoms with Gasteiger partial charge < -0.3 is 4.74 Å². The quantitative estimate of drug-likeness (QED) is 0.198. The molecule has 2 saturated carbocycles. The number of ether oxygens (including phenoxy) is 1. The molecule has 0 heterocycles. The van der Waals surface area contributed by atoms with Crippen molar-refractivity contribution in [3.63, 3.8) is 0 Å². The lowest BCUT2D eigenvalue weighted by molar-refractivity contribution is -0.388. The molecule has 0 N–H and O–H groups in total. The molecule has 0 aromatic heterocycles. The predicted molar refractivity (Wildman–Crippen MR) is 111 cm³/mol. The van der Waals surface area contributed by atoms with E-state index in [2.05, 4.69) is 39.2 Å². The minimum Gasteiger partial charge on any atom is -0.442 e. The first-order valence-corrected chi connectivity index (χ1v) is 10.5. The van der Waals surface area contributed by atoms with Gasteiger partial charge in [0.25, 0.3) is 0 Å². The standard InChI is InChI=1S/C24H38O4/c1-11-21(5,6)27-28-22(7,8)12-13-24(26-20(25)16(2)3)15-18-14-19(24)17(4)23(18,9)10/h17-19H,2,11,14-15H2,1,3-10H3/t17-,18+,19+,24-/m0/s1. The van der Waals surface area contributed by atoms with Crippen LogP contribution in [0, 0.1) is 35.0 Å². The number of rotatable bonds is 6. The van der Waals surface area contributed by atoms with Crippen LogP contribution in [0.1, 0.15) is 81.6 Å². The Balaban J connectivity index is 2.30. The summed E-state index contributed by atoms with van der Waals surface area (Å²) < 4.78 is 6.01. The monoisotopic (exact) mass is 390 g/mol. The summed E-state index contributed by atoms with van der Waals surface area (Å²) in [5.74, 6) is 7.30. The van der Waals surface area contributed by atoms with Gasteiger partial charge in [0.05, 0.1) is 5.60 Å². The molecule has 0 radical (unpaired) electrons. The second-order valence-corrected chi connectivity index (χ2v) is 10.5. The molecule has 0 saturated heterocycles. The van der Waals surface area contributed by atoms with Crippen LogP contribution in [0.4, 0.5) is 0 Å². The smallest absolute Gasteiger partial charge is 0.334 e. The summed E-state index contributed by atoms with van der Waals surface area (Å²) in [4.78, 5) is 23.7. The second kappa shape index (κ2) is 7.50. The van der Waals surface area contributed by atoms with Crippen molar-refractivity contribution < 1.29 is 19.3 Å². The van der Waals surface area contributed by atoms with E-state index in [-0.39, 0.29) is 22.9 Å². The average molecular weight is 391 g/mol. The van der Waals surface area contributed by atoms with E-state index in [1.807, 2.05) is 34.6 Å². The molecular weight excluding hydrogens is 352 g/mol. The van der Waals surface area contributed by atoms with Crippen molar-refractivity contribution in [2.45, 2.75) is 98.4 Å². The van der Waals surface area contributed by atoms with Gasteiger partial charge in [-0.15, -0.1) is 0 Å². The third kappa shape index (κ3) is 4.47. The van der Waals surface area contributed by atoms with Crippen molar-refractivity contribution in [3.05, 3.63) is 12.2 Å². The van der Waals surface area contributed by atoms with Crippen LogP contribution in [0.15, 0.2) is 12.2 Å². The normalized spacial score (nSPS) is 31.2. The predicted octanol–water partition coefficient (Wildman–Crippen LogP) is 5.47. The third-order valence-corrected chi connectivity index (χ3v) is 7.04. The Hall–Kier alpha value is -1.31. The largest absolute Gasteiger partial charge is 0.442 e. The van der Waals surface area contributed by atoms with Gasteiger partial charge in [-0.05, 0) is 64.7 Å². The van der Waals surface area contributed by atoms with Crippen LogP contribution in [0.5, 0.6) is 0 Å². The van der Waals surface area contributed by atoms with E-state index in [4.69, 9.17) is 14.5 Å². The molecule has 0 spiro atoms. The zero-order valence-corrected chi connectivity index (χ0v) is 19.2. The number of hydrogen-bond acceptors (Lipinski definition) is 4. The van der Waals surface area contributed by atoms with Crippen molar-refractivity contribution >= 4 is 5.97 Å². The van der Waals surface area contributed by atoms with Crippen molar-refractivity contribution in [1.82, 2.24) is 0 Å². The molecule has 0 aliphatic heterocycles. The van der Waals surface area contributed by atoms with Crippen molar-refractivity contribution in [2.75, 3.05) is 0 Å². The summed E-state index contributed by atoms with van der Waals surface area (Å²) >= 11 is 0. The number of esters is 1. The lowest BCUT2D eigenvalue weighted by atomic mass is 9.64. The SMILES string of the molecule is C=C(C)C(=O)O[C@@]1(C#CC(C)(C)OOC(C)(C)CC)C[C@H]2C[C@@H]1[C@H](C)C2(C)C. The summed E-state index contributed by atoms with van der Waals surface area (Å²) in [7, 11) is 0. The fourth-order valence-corrected chi connectivity index (χ4v) is 4.25. The Labute approximate surface area is 171 Å². The molecule has 2 fully saturated rings. The van der Waals surface area contributed by atoms with Crippen LogP contribution in [0.3, 0.4) is 0 Å². The Kier molecular flexibility index (Phi) is 6.16. The van der Waals surface area contributed by atoms with E-state index in [1.54, 1.807) is 6.92 Å². The minimum atomic E-state index is -0.810. The first-order valence-electron chi connectivity index (χ1n) is 10.5. The van der Waals surface area contributed by atoms with Crippen LogP contribution in [-0.2, 0) is 19.3 Å². The fraction of sp³-hybridized carbons (Fsp3) is 0.792. The summed E-state index contributed by atoms with van der Waals surface area (Å²) in [6.45, 7) is 22.1. The zero-order chi connectivity index (χ0) is 21.5. The van der Waals surface area contributed by atoms with E-state index in [1.165, 1.54) is 0 Å². The number of carbonyl (C=O) groups excluding carboxylic acids is 1. The maximum Gasteiger partial charge on any atom is 0.334 e. The third-order valence-electron chi connectivity index (χ3n) is 7.04. The molecular formula is C24H38O4. The molecule has 28 heavy (non-hydrogen) atoms. The van der Waals surface area contributed by atoms with Crippen LogP contribution in [0.2, 0.25) is 0 Å². The van der Waals surface area contributed by atoms with Crippen LogP contribution in [-0.4, -0.2) is 22.8 Å². The number of hydrogen-bond donors (Lipinski definition) is 0. The lowest BCUT2D eigenvalue weighted by Crippen LogP contribution is -2.47. The van der Waals surface area contributed by atoms with Gasteiger partial charge in [-0.2, -0.15) is 0 Å².